The quantitative estimate of drug-likeness (QED) is 0.627. The molecule has 156 valence electrons. The molecule has 0 atom stereocenters. The lowest BCUT2D eigenvalue weighted by molar-refractivity contribution is -0.0323. The van der Waals surface area contributed by atoms with Crippen molar-refractivity contribution in [3.63, 3.8) is 0 Å². The van der Waals surface area contributed by atoms with E-state index in [2.05, 4.69) is 24.1 Å². The molecule has 5 heteroatoms. The zero-order chi connectivity index (χ0) is 19.8. The molecule has 0 aromatic heterocycles. The summed E-state index contributed by atoms with van der Waals surface area (Å²) in [6, 6.07) is 7.94. The fraction of sp³-hybridized carbons (Fsp3) is 0.696. The normalized spacial score (nSPS) is 19.0. The Kier molecular flexibility index (Phi) is 7.89. The lowest BCUT2D eigenvalue weighted by Gasteiger charge is -2.54. The Bertz CT molecular complexity index is 601. The van der Waals surface area contributed by atoms with Gasteiger partial charge in [-0.1, -0.05) is 26.0 Å². The average molecular weight is 388 g/mol. The van der Waals surface area contributed by atoms with Crippen molar-refractivity contribution >= 4 is 5.91 Å². The van der Waals surface area contributed by atoms with Crippen molar-refractivity contribution in [1.82, 2.24) is 15.1 Å². The fourth-order valence-corrected chi connectivity index (χ4v) is 4.34. The van der Waals surface area contributed by atoms with Crippen LogP contribution >= 0.6 is 0 Å². The highest BCUT2D eigenvalue weighted by atomic mass is 16.5. The van der Waals surface area contributed by atoms with Gasteiger partial charge in [0.15, 0.2) is 0 Å². The van der Waals surface area contributed by atoms with Crippen LogP contribution in [0.4, 0.5) is 0 Å². The smallest absolute Gasteiger partial charge is 0.253 e. The van der Waals surface area contributed by atoms with Crippen molar-refractivity contribution in [2.75, 3.05) is 52.4 Å². The molecule has 2 aliphatic rings. The van der Waals surface area contributed by atoms with E-state index in [-0.39, 0.29) is 5.91 Å². The Morgan fingerprint density at radius 1 is 1.14 bits per heavy atom. The highest BCUT2D eigenvalue weighted by Gasteiger charge is 2.46. The maximum atomic E-state index is 12.8. The molecule has 2 heterocycles. The van der Waals surface area contributed by atoms with Gasteiger partial charge in [0.25, 0.3) is 5.91 Å². The molecule has 1 amide bonds. The van der Waals surface area contributed by atoms with E-state index in [0.717, 1.165) is 50.3 Å². The molecule has 0 saturated carbocycles. The van der Waals surface area contributed by atoms with Gasteiger partial charge in [0, 0.05) is 30.7 Å². The van der Waals surface area contributed by atoms with Gasteiger partial charge in [-0.05, 0) is 76.1 Å². The van der Waals surface area contributed by atoms with Crippen LogP contribution in [0.25, 0.3) is 0 Å². The van der Waals surface area contributed by atoms with Crippen molar-refractivity contribution in [2.24, 2.45) is 5.41 Å². The first-order valence-corrected chi connectivity index (χ1v) is 11.0. The lowest BCUT2D eigenvalue weighted by Crippen LogP contribution is -2.61. The number of hydrogen-bond acceptors (Lipinski definition) is 4. The van der Waals surface area contributed by atoms with Gasteiger partial charge < -0.3 is 19.9 Å². The van der Waals surface area contributed by atoms with Crippen molar-refractivity contribution in [1.29, 1.82) is 0 Å². The number of hydrogen-bond donors (Lipinski definition) is 1. The Morgan fingerprint density at radius 2 is 1.86 bits per heavy atom. The first-order chi connectivity index (χ1) is 13.7. The van der Waals surface area contributed by atoms with E-state index in [9.17, 15) is 4.79 Å². The molecule has 2 fully saturated rings. The van der Waals surface area contributed by atoms with Crippen molar-refractivity contribution in [3.8, 4) is 0 Å². The topological polar surface area (TPSA) is 44.8 Å². The third kappa shape index (κ3) is 5.56. The van der Waals surface area contributed by atoms with Crippen LogP contribution in [0.2, 0.25) is 0 Å². The van der Waals surface area contributed by atoms with E-state index >= 15 is 0 Å². The summed E-state index contributed by atoms with van der Waals surface area (Å²) >= 11 is 0. The van der Waals surface area contributed by atoms with E-state index in [0.29, 0.717) is 12.0 Å². The van der Waals surface area contributed by atoms with Gasteiger partial charge in [0.1, 0.15) is 0 Å². The van der Waals surface area contributed by atoms with Crippen LogP contribution in [0.3, 0.4) is 0 Å². The van der Waals surface area contributed by atoms with Gasteiger partial charge in [0.2, 0.25) is 0 Å². The largest absolute Gasteiger partial charge is 0.377 e. The summed E-state index contributed by atoms with van der Waals surface area (Å²) in [6.45, 7) is 13.3. The molecule has 1 N–H and O–H groups in total. The second-order valence-electron chi connectivity index (χ2n) is 8.46. The molecular formula is C23H37N3O2. The Hall–Kier alpha value is -1.43. The van der Waals surface area contributed by atoms with E-state index in [1.54, 1.807) is 0 Å². The number of carbonyl (C=O) groups is 1. The average Bonchev–Trinajstić information content (AvgIpc) is 2.70. The number of likely N-dealkylation sites (tertiary alicyclic amines) is 2. The summed E-state index contributed by atoms with van der Waals surface area (Å²) in [4.78, 5) is 17.4. The minimum absolute atomic E-state index is 0.180. The van der Waals surface area contributed by atoms with Crippen LogP contribution in [0.1, 0.15) is 55.5 Å². The molecule has 0 aliphatic carbocycles. The van der Waals surface area contributed by atoms with Crippen LogP contribution < -0.4 is 5.32 Å². The number of nitrogens with one attached hydrogen (secondary N) is 1. The maximum Gasteiger partial charge on any atom is 0.253 e. The molecule has 5 nitrogen and oxygen atoms in total. The number of nitrogens with zero attached hydrogens (tertiary/aromatic N) is 2. The Morgan fingerprint density at radius 3 is 2.50 bits per heavy atom. The molecule has 0 bridgehead atoms. The summed E-state index contributed by atoms with van der Waals surface area (Å²) < 4.78 is 5.57. The van der Waals surface area contributed by atoms with Gasteiger partial charge in [-0.2, -0.15) is 0 Å². The van der Waals surface area contributed by atoms with Gasteiger partial charge >= 0.3 is 0 Å². The van der Waals surface area contributed by atoms with Crippen LogP contribution in [-0.2, 0) is 11.3 Å². The number of ether oxygens (including phenoxy) is 1. The lowest BCUT2D eigenvalue weighted by atomic mass is 9.71. The van der Waals surface area contributed by atoms with Crippen LogP contribution in [0.5, 0.6) is 0 Å². The molecule has 0 unspecified atom stereocenters. The fourth-order valence-electron chi connectivity index (χ4n) is 4.34. The molecule has 2 saturated heterocycles. The summed E-state index contributed by atoms with van der Waals surface area (Å²) in [5, 5.41) is 3.40. The highest BCUT2D eigenvalue weighted by Crippen LogP contribution is 2.41. The monoisotopic (exact) mass is 387 g/mol. The molecule has 28 heavy (non-hydrogen) atoms. The number of amides is 1. The van der Waals surface area contributed by atoms with E-state index in [4.69, 9.17) is 4.74 Å². The first kappa shape index (κ1) is 21.3. The minimum atomic E-state index is 0.180. The second kappa shape index (κ2) is 10.4. The van der Waals surface area contributed by atoms with Crippen LogP contribution in [-0.4, -0.2) is 68.1 Å². The van der Waals surface area contributed by atoms with E-state index in [1.165, 1.54) is 38.9 Å². The van der Waals surface area contributed by atoms with Gasteiger partial charge in [-0.15, -0.1) is 0 Å². The van der Waals surface area contributed by atoms with E-state index < -0.39 is 0 Å². The Balaban J connectivity index is 1.39. The molecule has 0 radical (unpaired) electrons. The number of rotatable bonds is 10. The first-order valence-electron chi connectivity index (χ1n) is 11.0. The molecule has 3 rings (SSSR count). The van der Waals surface area contributed by atoms with E-state index in [1.807, 2.05) is 29.2 Å². The summed E-state index contributed by atoms with van der Waals surface area (Å²) in [5.74, 6) is 0.180. The molecule has 2 aliphatic heterocycles. The molecule has 1 spiro atoms. The third-order valence-electron chi connectivity index (χ3n) is 6.15. The van der Waals surface area contributed by atoms with Crippen molar-refractivity contribution in [3.05, 3.63) is 35.4 Å². The van der Waals surface area contributed by atoms with Crippen LogP contribution in [0.15, 0.2) is 24.3 Å². The SMILES string of the molecule is CCCOCc1ccc(C(=O)N2CC3(CCN(CCCNCC)CC3)C2)cc1. The molecule has 1 aromatic carbocycles. The van der Waals surface area contributed by atoms with Crippen LogP contribution in [0, 0.1) is 5.41 Å². The van der Waals surface area contributed by atoms with Gasteiger partial charge in [-0.25, -0.2) is 0 Å². The predicted molar refractivity (Wildman–Crippen MR) is 114 cm³/mol. The number of piperidine rings is 1. The summed E-state index contributed by atoms with van der Waals surface area (Å²) in [5.41, 5.74) is 2.31. The minimum Gasteiger partial charge on any atom is -0.377 e. The summed E-state index contributed by atoms with van der Waals surface area (Å²) in [7, 11) is 0. The third-order valence-corrected chi connectivity index (χ3v) is 6.15. The van der Waals surface area contributed by atoms with Crippen molar-refractivity contribution in [2.45, 2.75) is 46.1 Å². The predicted octanol–water partition coefficient (Wildman–Crippen LogP) is 3.15. The number of carbonyl (C=O) groups excluding carboxylic acids is 1. The number of benzene rings is 1. The molecule has 1 aromatic rings. The Labute approximate surface area is 170 Å². The highest BCUT2D eigenvalue weighted by molar-refractivity contribution is 5.94. The maximum absolute atomic E-state index is 12.8. The van der Waals surface area contributed by atoms with Gasteiger partial charge in [-0.3, -0.25) is 4.79 Å². The van der Waals surface area contributed by atoms with Crippen molar-refractivity contribution < 1.29 is 9.53 Å². The zero-order valence-corrected chi connectivity index (χ0v) is 17.7. The second-order valence-corrected chi connectivity index (χ2v) is 8.46. The standard InChI is InChI=1S/C23H37N3O2/c1-3-16-28-17-20-6-8-21(9-7-20)22(27)26-18-23(19-26)10-14-25(15-11-23)13-5-12-24-4-2/h6-9,24H,3-5,10-19H2,1-2H3. The molecular weight excluding hydrogens is 350 g/mol. The zero-order valence-electron chi connectivity index (χ0n) is 17.7. The van der Waals surface area contributed by atoms with Gasteiger partial charge in [0.05, 0.1) is 6.61 Å². The summed E-state index contributed by atoms with van der Waals surface area (Å²) in [6.07, 6.45) is 4.71.